The number of morpholine rings is 1. The van der Waals surface area contributed by atoms with E-state index in [0.29, 0.717) is 32.1 Å². The number of piperidine rings is 1. The summed E-state index contributed by atoms with van der Waals surface area (Å²) in [5.41, 5.74) is 0.337. The average molecular weight is 451 g/mol. The molecule has 5 atom stereocenters. The zero-order chi connectivity index (χ0) is 21.6. The van der Waals surface area contributed by atoms with E-state index in [9.17, 15) is 18.1 Å². The van der Waals surface area contributed by atoms with Gasteiger partial charge in [0.15, 0.2) is 11.5 Å². The van der Waals surface area contributed by atoms with Crippen LogP contribution in [0, 0.1) is 5.92 Å². The fraction of sp³-hybridized carbons (Fsp3) is 0.619. The third kappa shape index (κ3) is 2.46. The summed E-state index contributed by atoms with van der Waals surface area (Å²) < 4.78 is 49.7. The van der Waals surface area contributed by atoms with Gasteiger partial charge in [-0.1, -0.05) is 18.2 Å². The van der Waals surface area contributed by atoms with E-state index in [1.807, 2.05) is 12.1 Å². The van der Waals surface area contributed by atoms with Gasteiger partial charge in [-0.2, -0.15) is 8.42 Å². The second-order valence-electron chi connectivity index (χ2n) is 9.16. The largest absolute Gasteiger partial charge is 0.464 e. The SMILES string of the molecule is CN1CC[C@]23c4c5ccc(OS(=O)(=O)O)c4O[C@@]2(N2CCOCC2)[C@@H](O)C=C[C@H]3[C@H]1C5. The van der Waals surface area contributed by atoms with Gasteiger partial charge in [-0.15, -0.1) is 0 Å². The minimum atomic E-state index is -4.73. The molecule has 3 heterocycles. The van der Waals surface area contributed by atoms with Crippen LogP contribution >= 0.6 is 0 Å². The summed E-state index contributed by atoms with van der Waals surface area (Å²) in [5.74, 6) is 0.366. The van der Waals surface area contributed by atoms with E-state index in [1.165, 1.54) is 0 Å². The molecule has 31 heavy (non-hydrogen) atoms. The summed E-state index contributed by atoms with van der Waals surface area (Å²) in [6.45, 7) is 3.08. The molecule has 0 radical (unpaired) electrons. The van der Waals surface area contributed by atoms with Crippen LogP contribution in [0.15, 0.2) is 24.3 Å². The highest BCUT2D eigenvalue weighted by molar-refractivity contribution is 7.81. The topological polar surface area (TPSA) is 109 Å². The highest BCUT2D eigenvalue weighted by atomic mass is 32.3. The molecule has 5 aliphatic rings. The maximum Gasteiger partial charge on any atom is 0.446 e. The van der Waals surface area contributed by atoms with E-state index in [1.54, 1.807) is 6.07 Å². The van der Waals surface area contributed by atoms with Crippen molar-refractivity contribution in [2.75, 3.05) is 39.9 Å². The monoisotopic (exact) mass is 450 g/mol. The summed E-state index contributed by atoms with van der Waals surface area (Å²) in [5, 5.41) is 11.5. The van der Waals surface area contributed by atoms with Gasteiger partial charge in [-0.05, 0) is 38.1 Å². The van der Waals surface area contributed by atoms with Gasteiger partial charge < -0.3 is 23.7 Å². The minimum absolute atomic E-state index is 0.0408. The summed E-state index contributed by atoms with van der Waals surface area (Å²) in [6, 6.07) is 3.65. The molecule has 2 N–H and O–H groups in total. The third-order valence-electron chi connectivity index (χ3n) is 7.97. The lowest BCUT2D eigenvalue weighted by molar-refractivity contribution is -0.222. The molecule has 9 nitrogen and oxygen atoms in total. The van der Waals surface area contributed by atoms with E-state index in [0.717, 1.165) is 30.5 Å². The fourth-order valence-corrected chi connectivity index (χ4v) is 7.23. The molecule has 3 aliphatic heterocycles. The van der Waals surface area contributed by atoms with Crippen molar-refractivity contribution >= 4 is 10.4 Å². The molecule has 0 amide bonds. The van der Waals surface area contributed by atoms with Crippen LogP contribution in [0.3, 0.4) is 0 Å². The second kappa shape index (κ2) is 6.43. The molecule has 0 aromatic heterocycles. The van der Waals surface area contributed by atoms with Gasteiger partial charge in [-0.25, -0.2) is 0 Å². The van der Waals surface area contributed by atoms with Crippen molar-refractivity contribution in [3.8, 4) is 11.5 Å². The Bertz CT molecular complexity index is 1070. The van der Waals surface area contributed by atoms with Gasteiger partial charge in [0.2, 0.25) is 5.72 Å². The molecule has 2 bridgehead atoms. The highest BCUT2D eigenvalue weighted by Crippen LogP contribution is 2.67. The zero-order valence-corrected chi connectivity index (χ0v) is 18.0. The standard InChI is InChI=1S/C21H26N2O7S/c1-22-7-6-20-14-3-5-17(24)21(20,23-8-10-28-11-9-23)29-19-16(30-31(25,26)27)4-2-13(18(19)20)12-15(14)22/h2-5,14-15,17,24H,6-12H2,1H3,(H,25,26,27)/t14-,15+,17-,20-,21-/m0/s1. The molecule has 168 valence electrons. The maximum absolute atomic E-state index is 11.6. The number of aliphatic hydroxyl groups is 1. The van der Waals surface area contributed by atoms with Gasteiger partial charge >= 0.3 is 10.4 Å². The van der Waals surface area contributed by atoms with Crippen molar-refractivity contribution < 1.29 is 31.7 Å². The van der Waals surface area contributed by atoms with Gasteiger partial charge in [0.25, 0.3) is 0 Å². The first-order valence-electron chi connectivity index (χ1n) is 10.7. The van der Waals surface area contributed by atoms with Crippen LogP contribution in [0.2, 0.25) is 0 Å². The quantitative estimate of drug-likeness (QED) is 0.498. The molecule has 1 aromatic rings. The van der Waals surface area contributed by atoms with Gasteiger partial charge in [0.1, 0.15) is 6.10 Å². The third-order valence-corrected chi connectivity index (χ3v) is 8.36. The van der Waals surface area contributed by atoms with Crippen molar-refractivity contribution in [2.24, 2.45) is 5.92 Å². The molecule has 2 aliphatic carbocycles. The first-order valence-corrected chi connectivity index (χ1v) is 12.1. The molecule has 0 unspecified atom stereocenters. The normalized spacial score (nSPS) is 39.1. The van der Waals surface area contributed by atoms with Crippen LogP contribution < -0.4 is 8.92 Å². The van der Waals surface area contributed by atoms with E-state index >= 15 is 0 Å². The van der Waals surface area contributed by atoms with E-state index in [2.05, 4.69) is 22.9 Å². The van der Waals surface area contributed by atoms with Crippen molar-refractivity contribution in [2.45, 2.75) is 36.1 Å². The predicted molar refractivity (Wildman–Crippen MR) is 109 cm³/mol. The Labute approximate surface area is 181 Å². The van der Waals surface area contributed by atoms with E-state index < -0.39 is 27.6 Å². The zero-order valence-electron chi connectivity index (χ0n) is 17.2. The summed E-state index contributed by atoms with van der Waals surface area (Å²) in [6.07, 6.45) is 4.56. The van der Waals surface area contributed by atoms with Gasteiger partial charge in [0, 0.05) is 30.6 Å². The Hall–Kier alpha value is -1.69. The average Bonchev–Trinajstić information content (AvgIpc) is 3.06. The van der Waals surface area contributed by atoms with Gasteiger partial charge in [-0.3, -0.25) is 9.45 Å². The van der Waals surface area contributed by atoms with Gasteiger partial charge in [0.05, 0.1) is 18.6 Å². The number of hydrogen-bond donors (Lipinski definition) is 2. The van der Waals surface area contributed by atoms with Crippen LogP contribution in [0.4, 0.5) is 0 Å². The van der Waals surface area contributed by atoms with Crippen molar-refractivity contribution in [1.82, 2.24) is 9.80 Å². The molecule has 1 aromatic carbocycles. The van der Waals surface area contributed by atoms with Crippen molar-refractivity contribution in [1.29, 1.82) is 0 Å². The van der Waals surface area contributed by atoms with Crippen LogP contribution in [0.5, 0.6) is 11.5 Å². The van der Waals surface area contributed by atoms with E-state index in [-0.39, 0.29) is 17.7 Å². The van der Waals surface area contributed by atoms with Crippen molar-refractivity contribution in [3.05, 3.63) is 35.4 Å². The minimum Gasteiger partial charge on any atom is -0.464 e. The van der Waals surface area contributed by atoms with Crippen LogP contribution in [0.25, 0.3) is 0 Å². The summed E-state index contributed by atoms with van der Waals surface area (Å²) >= 11 is 0. The predicted octanol–water partition coefficient (Wildman–Crippen LogP) is 0.334. The summed E-state index contributed by atoms with van der Waals surface area (Å²) in [4.78, 5) is 4.53. The Morgan fingerprint density at radius 2 is 1.97 bits per heavy atom. The maximum atomic E-state index is 11.6. The first kappa shape index (κ1) is 20.0. The van der Waals surface area contributed by atoms with Crippen LogP contribution in [-0.4, -0.2) is 85.6 Å². The van der Waals surface area contributed by atoms with Crippen LogP contribution in [0.1, 0.15) is 17.5 Å². The lowest BCUT2D eigenvalue weighted by atomic mass is 9.50. The van der Waals surface area contributed by atoms with Crippen molar-refractivity contribution in [3.63, 3.8) is 0 Å². The number of rotatable bonds is 3. The first-order chi connectivity index (χ1) is 14.8. The number of likely N-dealkylation sites (N-methyl/N-ethyl adjacent to an activating group) is 1. The number of ether oxygens (including phenoxy) is 2. The number of likely N-dealkylation sites (tertiary alicyclic amines) is 1. The Morgan fingerprint density at radius 1 is 1.19 bits per heavy atom. The van der Waals surface area contributed by atoms with Crippen LogP contribution in [-0.2, 0) is 27.0 Å². The molecule has 2 saturated heterocycles. The Balaban J connectivity index is 1.64. The number of aliphatic hydroxyl groups excluding tert-OH is 1. The lowest BCUT2D eigenvalue weighted by Gasteiger charge is -2.63. The highest BCUT2D eigenvalue weighted by Gasteiger charge is 2.74. The number of nitrogens with zero attached hydrogens (tertiary/aromatic N) is 2. The molecule has 1 spiro atoms. The number of hydrogen-bond acceptors (Lipinski definition) is 8. The molecular formula is C21H26N2O7S. The van der Waals surface area contributed by atoms with E-state index in [4.69, 9.17) is 13.7 Å². The lowest BCUT2D eigenvalue weighted by Crippen LogP contribution is -2.77. The molecule has 10 heteroatoms. The Morgan fingerprint density at radius 3 is 2.71 bits per heavy atom. The molecule has 0 saturated carbocycles. The molecule has 2 fully saturated rings. The molecule has 6 rings (SSSR count). The molecular weight excluding hydrogens is 424 g/mol. The Kier molecular flexibility index (Phi) is 4.14. The smallest absolute Gasteiger partial charge is 0.446 e. The second-order valence-corrected chi connectivity index (χ2v) is 10.2. The number of benzene rings is 1. The fourth-order valence-electron chi connectivity index (χ4n) is 6.88. The summed E-state index contributed by atoms with van der Waals surface area (Å²) in [7, 11) is -2.60.